The van der Waals surface area contributed by atoms with Gasteiger partial charge in [-0.15, -0.1) is 0 Å². The Morgan fingerprint density at radius 3 is 2.58 bits per heavy atom. The SMILES string of the molecule is O=C1CCc2cccc(c2)OC/C=C/C[C@@H](C(=O)CC2CCCC2)NC(=O)[C@H](CC(=O)N2CCCC2C2CC2)C1. The standard InChI is InChI=1S/C33H44N2O5/c36-27-16-13-24-9-5-10-28(19-24)40-18-4-3-11-29(31(37)20-23-7-1-2-8-23)34-33(39)26(21-27)22-32(38)35-17-6-12-30(35)25-14-15-25/h3-5,9-10,19,23,25-26,29-30H,1-2,6-8,11-18,20-22H2,(H,34,39)/b4-3+/t26-,29-,30?/m0/s1. The van der Waals surface area contributed by atoms with Gasteiger partial charge in [0.05, 0.1) is 12.0 Å². The van der Waals surface area contributed by atoms with Crippen molar-refractivity contribution in [2.45, 2.75) is 102 Å². The van der Waals surface area contributed by atoms with Crippen LogP contribution in [0, 0.1) is 17.8 Å². The molecule has 3 fully saturated rings. The summed E-state index contributed by atoms with van der Waals surface area (Å²) >= 11 is 0. The minimum atomic E-state index is -0.770. The van der Waals surface area contributed by atoms with Crippen molar-refractivity contribution in [2.75, 3.05) is 13.2 Å². The van der Waals surface area contributed by atoms with Gasteiger partial charge in [-0.2, -0.15) is 0 Å². The lowest BCUT2D eigenvalue weighted by Gasteiger charge is -2.27. The van der Waals surface area contributed by atoms with E-state index in [1.165, 1.54) is 12.8 Å². The Morgan fingerprint density at radius 2 is 1.77 bits per heavy atom. The molecule has 2 amide bonds. The highest BCUT2D eigenvalue weighted by Gasteiger charge is 2.41. The number of benzene rings is 1. The van der Waals surface area contributed by atoms with E-state index in [9.17, 15) is 19.2 Å². The highest BCUT2D eigenvalue weighted by molar-refractivity contribution is 5.94. The van der Waals surface area contributed by atoms with Gasteiger partial charge in [0.25, 0.3) is 0 Å². The summed E-state index contributed by atoms with van der Waals surface area (Å²) in [6.45, 7) is 1.09. The molecule has 0 aromatic heterocycles. The van der Waals surface area contributed by atoms with E-state index in [-0.39, 0.29) is 42.3 Å². The first kappa shape index (κ1) is 28.6. The van der Waals surface area contributed by atoms with Crippen molar-refractivity contribution < 1.29 is 23.9 Å². The maximum atomic E-state index is 13.7. The van der Waals surface area contributed by atoms with Crippen LogP contribution in [-0.2, 0) is 25.6 Å². The van der Waals surface area contributed by atoms with Crippen molar-refractivity contribution in [3.8, 4) is 5.75 Å². The monoisotopic (exact) mass is 548 g/mol. The minimum Gasteiger partial charge on any atom is -0.490 e. The van der Waals surface area contributed by atoms with Gasteiger partial charge in [-0.05, 0) is 68.1 Å². The van der Waals surface area contributed by atoms with Crippen LogP contribution >= 0.6 is 0 Å². The fourth-order valence-electron chi connectivity index (χ4n) is 6.76. The number of hydrogen-bond acceptors (Lipinski definition) is 5. The molecule has 1 N–H and O–H groups in total. The summed E-state index contributed by atoms with van der Waals surface area (Å²) in [7, 11) is 0. The van der Waals surface area contributed by atoms with Crippen LogP contribution in [0.15, 0.2) is 36.4 Å². The zero-order valence-electron chi connectivity index (χ0n) is 23.7. The van der Waals surface area contributed by atoms with Gasteiger partial charge >= 0.3 is 0 Å². The molecule has 3 atom stereocenters. The number of nitrogens with one attached hydrogen (secondary N) is 1. The van der Waals surface area contributed by atoms with Crippen LogP contribution in [0.2, 0.25) is 0 Å². The van der Waals surface area contributed by atoms with Gasteiger partial charge in [0.1, 0.15) is 18.1 Å². The maximum Gasteiger partial charge on any atom is 0.224 e. The number of ketones is 2. The quantitative estimate of drug-likeness (QED) is 0.508. The molecule has 1 saturated heterocycles. The van der Waals surface area contributed by atoms with Crippen LogP contribution in [0.5, 0.6) is 5.75 Å². The highest BCUT2D eigenvalue weighted by atomic mass is 16.5. The number of rotatable bonds is 6. The lowest BCUT2D eigenvalue weighted by molar-refractivity contribution is -0.139. The Bertz CT molecular complexity index is 1100. The number of nitrogens with zero attached hydrogens (tertiary/aromatic N) is 1. The number of likely N-dealkylation sites (tertiary alicyclic amines) is 1. The zero-order valence-corrected chi connectivity index (χ0v) is 23.7. The van der Waals surface area contributed by atoms with E-state index in [1.807, 2.05) is 41.3 Å². The molecule has 1 aromatic carbocycles. The molecule has 40 heavy (non-hydrogen) atoms. The Morgan fingerprint density at radius 1 is 0.950 bits per heavy atom. The van der Waals surface area contributed by atoms with Crippen molar-refractivity contribution >= 4 is 23.4 Å². The van der Waals surface area contributed by atoms with Crippen molar-refractivity contribution in [2.24, 2.45) is 17.8 Å². The Balaban J connectivity index is 1.33. The van der Waals surface area contributed by atoms with Gasteiger partial charge in [-0.25, -0.2) is 0 Å². The fourth-order valence-corrected chi connectivity index (χ4v) is 6.76. The first-order valence-corrected chi connectivity index (χ1v) is 15.5. The molecule has 2 aliphatic carbocycles. The van der Waals surface area contributed by atoms with Crippen LogP contribution in [0.25, 0.3) is 0 Å². The number of Topliss-reactive ketones (excluding diaryl/α,β-unsaturated/α-hetero) is 2. The molecule has 2 saturated carbocycles. The second-order valence-corrected chi connectivity index (χ2v) is 12.3. The van der Waals surface area contributed by atoms with Gasteiger partial charge in [0, 0.05) is 38.3 Å². The molecular weight excluding hydrogens is 504 g/mol. The summed E-state index contributed by atoms with van der Waals surface area (Å²) in [5.74, 6) is 0.533. The number of carbonyl (C=O) groups is 4. The third kappa shape index (κ3) is 7.82. The van der Waals surface area contributed by atoms with Crippen LogP contribution < -0.4 is 10.1 Å². The molecule has 1 unspecified atom stereocenters. The molecule has 216 valence electrons. The Hall–Kier alpha value is -2.96. The van der Waals surface area contributed by atoms with Crippen LogP contribution in [0.1, 0.15) is 89.0 Å². The third-order valence-electron chi connectivity index (χ3n) is 9.20. The summed E-state index contributed by atoms with van der Waals surface area (Å²) in [6.07, 6.45) is 14.2. The molecule has 0 spiro atoms. The summed E-state index contributed by atoms with van der Waals surface area (Å²) in [5, 5.41) is 2.99. The Kier molecular flexibility index (Phi) is 9.71. The van der Waals surface area contributed by atoms with E-state index >= 15 is 0 Å². The molecule has 0 radical (unpaired) electrons. The number of fused-ring (bicyclic) bond motifs is 2. The maximum absolute atomic E-state index is 13.7. The first-order valence-electron chi connectivity index (χ1n) is 15.5. The van der Waals surface area contributed by atoms with E-state index in [4.69, 9.17) is 4.74 Å². The third-order valence-corrected chi connectivity index (χ3v) is 9.20. The van der Waals surface area contributed by atoms with Crippen LogP contribution in [-0.4, -0.2) is 53.5 Å². The molecular formula is C33H44N2O5. The molecule has 1 aromatic rings. The lowest BCUT2D eigenvalue weighted by Crippen LogP contribution is -2.46. The molecule has 4 aliphatic rings. The number of hydrogen-bond donors (Lipinski definition) is 1. The molecule has 5 rings (SSSR count). The second-order valence-electron chi connectivity index (χ2n) is 12.3. The van der Waals surface area contributed by atoms with Gasteiger partial charge in [0.15, 0.2) is 5.78 Å². The van der Waals surface area contributed by atoms with E-state index in [1.54, 1.807) is 0 Å². The van der Waals surface area contributed by atoms with Crippen LogP contribution in [0.4, 0.5) is 0 Å². The number of ether oxygens (including phenoxy) is 1. The van der Waals surface area contributed by atoms with E-state index in [0.717, 1.165) is 56.4 Å². The van der Waals surface area contributed by atoms with E-state index in [0.29, 0.717) is 44.1 Å². The molecule has 7 heteroatoms. The molecule has 2 heterocycles. The molecule has 2 bridgehead atoms. The average Bonchev–Trinajstić information content (AvgIpc) is 3.43. The number of aryl methyl sites for hydroxylation is 1. The fraction of sp³-hybridized carbons (Fsp3) is 0.636. The van der Waals surface area contributed by atoms with Gasteiger partial charge in [-0.1, -0.05) is 50.0 Å². The topological polar surface area (TPSA) is 92.8 Å². The minimum absolute atomic E-state index is 0.00900. The summed E-state index contributed by atoms with van der Waals surface area (Å²) in [6, 6.07) is 7.34. The summed E-state index contributed by atoms with van der Waals surface area (Å²) in [4.78, 5) is 55.6. The zero-order chi connectivity index (χ0) is 27.9. The predicted octanol–water partition coefficient (Wildman–Crippen LogP) is 4.96. The van der Waals surface area contributed by atoms with Gasteiger partial charge < -0.3 is 15.0 Å². The molecule has 7 nitrogen and oxygen atoms in total. The normalized spacial score (nSPS) is 27.7. The average molecular weight is 549 g/mol. The summed E-state index contributed by atoms with van der Waals surface area (Å²) < 4.78 is 5.85. The van der Waals surface area contributed by atoms with E-state index in [2.05, 4.69) is 5.32 Å². The molecule has 2 aliphatic heterocycles. The summed E-state index contributed by atoms with van der Waals surface area (Å²) in [5.41, 5.74) is 1.00. The van der Waals surface area contributed by atoms with Crippen LogP contribution in [0.3, 0.4) is 0 Å². The van der Waals surface area contributed by atoms with Crippen molar-refractivity contribution in [3.63, 3.8) is 0 Å². The predicted molar refractivity (Wildman–Crippen MR) is 153 cm³/mol. The largest absolute Gasteiger partial charge is 0.490 e. The van der Waals surface area contributed by atoms with Gasteiger partial charge in [0.2, 0.25) is 11.8 Å². The first-order chi connectivity index (χ1) is 19.5. The van der Waals surface area contributed by atoms with Crippen molar-refractivity contribution in [3.05, 3.63) is 42.0 Å². The second kappa shape index (κ2) is 13.6. The van der Waals surface area contributed by atoms with Gasteiger partial charge in [-0.3, -0.25) is 19.2 Å². The number of carbonyl (C=O) groups excluding carboxylic acids is 4. The lowest BCUT2D eigenvalue weighted by atomic mass is 9.92. The van der Waals surface area contributed by atoms with Crippen molar-refractivity contribution in [1.29, 1.82) is 0 Å². The Labute approximate surface area is 238 Å². The smallest absolute Gasteiger partial charge is 0.224 e. The number of amides is 2. The van der Waals surface area contributed by atoms with Crippen molar-refractivity contribution in [1.82, 2.24) is 10.2 Å². The van der Waals surface area contributed by atoms with E-state index < -0.39 is 12.0 Å². The highest BCUT2D eigenvalue weighted by Crippen LogP contribution is 2.40.